The van der Waals surface area contributed by atoms with Crippen molar-refractivity contribution in [1.82, 2.24) is 0 Å². The van der Waals surface area contributed by atoms with Crippen molar-refractivity contribution < 1.29 is 57.0 Å². The molecule has 13 rings (SSSR count). The highest BCUT2D eigenvalue weighted by Gasteiger charge is 2.45. The van der Waals surface area contributed by atoms with E-state index in [1.165, 1.54) is 27.8 Å². The summed E-state index contributed by atoms with van der Waals surface area (Å²) >= 11 is 0. The molecule has 12 heteroatoms. The maximum absolute atomic E-state index is 12.5. The third-order valence-electron chi connectivity index (χ3n) is 18.8. The van der Waals surface area contributed by atoms with Crippen LogP contribution in [0, 0.1) is 0 Å². The van der Waals surface area contributed by atoms with Crippen molar-refractivity contribution in [3.05, 3.63) is 269 Å². The number of methoxy groups -OCH3 is 2. The first-order valence-corrected chi connectivity index (χ1v) is 32.6. The summed E-state index contributed by atoms with van der Waals surface area (Å²) in [5.74, 6) is 4.36. The van der Waals surface area contributed by atoms with Gasteiger partial charge in [0.25, 0.3) is 0 Å². The Morgan fingerprint density at radius 2 is 0.863 bits per heavy atom. The van der Waals surface area contributed by atoms with Crippen LogP contribution >= 0.6 is 0 Å². The van der Waals surface area contributed by atoms with Crippen molar-refractivity contribution in [3.8, 4) is 45.6 Å². The first-order valence-electron chi connectivity index (χ1n) is 32.6. The minimum Gasteiger partial charge on any atom is -0.497 e. The van der Waals surface area contributed by atoms with E-state index in [2.05, 4.69) is 156 Å². The molecule has 95 heavy (non-hydrogen) atoms. The van der Waals surface area contributed by atoms with Crippen LogP contribution in [0.5, 0.6) is 34.5 Å². The first kappa shape index (κ1) is 63.3. The van der Waals surface area contributed by atoms with Crippen LogP contribution in [-0.4, -0.2) is 66.2 Å². The van der Waals surface area contributed by atoms with Crippen LogP contribution in [0.4, 0.5) is 9.59 Å². The summed E-state index contributed by atoms with van der Waals surface area (Å²) in [7, 11) is 3.32. The molecule has 0 saturated carbocycles. The molecule has 0 aromatic heterocycles. The number of hydrogen-bond acceptors (Lipinski definition) is 12. The number of carbonyl (C=O) groups excluding carboxylic acids is 2. The smallest absolute Gasteiger partial charge is 0.497 e. The molecule has 9 aromatic rings. The molecule has 0 fully saturated rings. The van der Waals surface area contributed by atoms with Crippen LogP contribution < -0.4 is 28.4 Å². The summed E-state index contributed by atoms with van der Waals surface area (Å²) in [6, 6.07) is 57.4. The Morgan fingerprint density at radius 3 is 1.35 bits per heavy atom. The monoisotopic (exact) mass is 1270 g/mol. The van der Waals surface area contributed by atoms with E-state index >= 15 is 0 Å². The summed E-state index contributed by atoms with van der Waals surface area (Å²) in [5, 5.41) is 4.30. The van der Waals surface area contributed by atoms with Gasteiger partial charge < -0.3 is 47.4 Å². The number of carbonyl (C=O) groups is 2. The van der Waals surface area contributed by atoms with Crippen LogP contribution in [0.1, 0.15) is 115 Å². The predicted octanol–water partition coefficient (Wildman–Crippen LogP) is 19.1. The van der Waals surface area contributed by atoms with Crippen LogP contribution in [0.25, 0.3) is 50.4 Å². The minimum atomic E-state index is -1.00. The molecule has 2 atom stereocenters. The van der Waals surface area contributed by atoms with Crippen molar-refractivity contribution in [2.75, 3.05) is 53.9 Å². The molecule has 9 aromatic carbocycles. The zero-order chi connectivity index (χ0) is 65.7. The number of ether oxygens (including phenoxy) is 10. The topological polar surface area (TPSA) is 126 Å². The fraction of sp³-hybridized carbons (Fsp3) is 0.253. The van der Waals surface area contributed by atoms with Gasteiger partial charge in [0.05, 0.1) is 27.4 Å². The lowest BCUT2D eigenvalue weighted by Gasteiger charge is -2.40. The largest absolute Gasteiger partial charge is 0.508 e. The Hall–Kier alpha value is -10.5. The Morgan fingerprint density at radius 1 is 0.442 bits per heavy atom. The maximum Gasteiger partial charge on any atom is 0.508 e. The number of rotatable bonds is 21. The second-order valence-corrected chi connectivity index (χ2v) is 25.5. The zero-order valence-electron chi connectivity index (χ0n) is 54.7. The van der Waals surface area contributed by atoms with E-state index in [1.807, 2.05) is 97.1 Å². The molecule has 0 bridgehead atoms. The molecule has 482 valence electrons. The quantitative estimate of drug-likeness (QED) is 0.0502. The predicted molar refractivity (Wildman–Crippen MR) is 374 cm³/mol. The summed E-state index contributed by atoms with van der Waals surface area (Å²) in [6.45, 7) is 14.4. The Bertz CT molecular complexity index is 4480. The lowest BCUT2D eigenvalue weighted by atomic mass is 9.72. The molecular formula is C83H78O12. The second kappa shape index (κ2) is 26.9. The van der Waals surface area contributed by atoms with Gasteiger partial charge in [0.15, 0.2) is 11.2 Å². The molecule has 2 heterocycles. The van der Waals surface area contributed by atoms with Gasteiger partial charge in [-0.25, -0.2) is 9.59 Å². The van der Waals surface area contributed by atoms with E-state index in [-0.39, 0.29) is 50.5 Å². The van der Waals surface area contributed by atoms with Crippen molar-refractivity contribution in [1.29, 1.82) is 0 Å². The van der Waals surface area contributed by atoms with E-state index in [0.717, 1.165) is 108 Å². The first-order chi connectivity index (χ1) is 46.2. The lowest BCUT2D eigenvalue weighted by Crippen LogP contribution is -2.35. The summed E-state index contributed by atoms with van der Waals surface area (Å²) in [5.41, 5.74) is 11.7. The maximum atomic E-state index is 12.5. The molecule has 4 aliphatic rings. The van der Waals surface area contributed by atoms with Gasteiger partial charge in [-0.3, -0.25) is 0 Å². The van der Waals surface area contributed by atoms with Gasteiger partial charge in [0, 0.05) is 49.6 Å². The highest BCUT2D eigenvalue weighted by Crippen LogP contribution is 2.59. The third-order valence-corrected chi connectivity index (χ3v) is 18.8. The van der Waals surface area contributed by atoms with Crippen LogP contribution in [-0.2, 0) is 41.0 Å². The van der Waals surface area contributed by atoms with Gasteiger partial charge >= 0.3 is 12.3 Å². The van der Waals surface area contributed by atoms with Crippen molar-refractivity contribution in [2.24, 2.45) is 0 Å². The van der Waals surface area contributed by atoms with E-state index in [1.54, 1.807) is 14.2 Å². The van der Waals surface area contributed by atoms with E-state index in [9.17, 15) is 9.59 Å². The van der Waals surface area contributed by atoms with Gasteiger partial charge in [0.1, 0.15) is 60.9 Å². The number of unbranched alkanes of at least 4 members (excludes halogenated alkanes) is 3. The van der Waals surface area contributed by atoms with Crippen molar-refractivity contribution >= 4 is 51.6 Å². The molecule has 2 aliphatic carbocycles. The second-order valence-electron chi connectivity index (χ2n) is 25.5. The number of hydrogen-bond donors (Lipinski definition) is 0. The standard InChI is InChI=1S/C83H78O12/c1-55-21-11-10-18-46-80(2,3)74-69-44-47-82(56-28-36-60(86-6)37-29-56,94-76(69)66-24-14-12-22-64(66)72(55)74)58-32-40-62(41-33-58)88-51-53-92-78(84)90-49-19-8-9-20-50-91-79(85)93-54-52-89-63-42-34-59(35-43-63)83(57-30-38-61(87-7)39-31-57)48-45-70-75-73(65-23-13-15-25-67(65)77(70)95-83)68-26-16-17-27-71(68)81(75,4)5/h10-18,21-45,47-48H,1,8-9,19-20,46,49-54H2,2-7H3/b18-10-,21-11-. The fourth-order valence-electron chi connectivity index (χ4n) is 14.1. The fourth-order valence-corrected chi connectivity index (χ4v) is 14.1. The van der Waals surface area contributed by atoms with Crippen LogP contribution in [0.15, 0.2) is 213 Å². The minimum absolute atomic E-state index is 0.00322. The molecule has 0 radical (unpaired) electrons. The summed E-state index contributed by atoms with van der Waals surface area (Å²) in [4.78, 5) is 25.0. The van der Waals surface area contributed by atoms with E-state index < -0.39 is 23.5 Å². The molecule has 2 aliphatic heterocycles. The molecule has 0 N–H and O–H groups in total. The van der Waals surface area contributed by atoms with Crippen LogP contribution in [0.3, 0.4) is 0 Å². The number of fused-ring (bicyclic) bond motifs is 14. The van der Waals surface area contributed by atoms with Crippen molar-refractivity contribution in [3.63, 3.8) is 0 Å². The number of allylic oxidation sites excluding steroid dienone is 5. The molecule has 2 unspecified atom stereocenters. The molecule has 0 amide bonds. The third kappa shape index (κ3) is 12.3. The van der Waals surface area contributed by atoms with E-state index in [0.29, 0.717) is 24.3 Å². The summed E-state index contributed by atoms with van der Waals surface area (Å²) in [6.07, 6.45) is 19.3. The zero-order valence-corrected chi connectivity index (χ0v) is 54.7. The Labute approximate surface area is 555 Å². The number of benzene rings is 9. The van der Waals surface area contributed by atoms with Gasteiger partial charge in [-0.15, -0.1) is 0 Å². The summed E-state index contributed by atoms with van der Waals surface area (Å²) < 4.78 is 59.4. The molecule has 0 saturated heterocycles. The molecule has 12 nitrogen and oxygen atoms in total. The Kier molecular flexibility index (Phi) is 17.9. The van der Waals surface area contributed by atoms with Gasteiger partial charge in [-0.2, -0.15) is 0 Å². The van der Waals surface area contributed by atoms with Gasteiger partial charge in [-0.1, -0.05) is 192 Å². The normalized spacial score (nSPS) is 18.1. The average Bonchev–Trinajstić information content (AvgIpc) is 1.65. The molecular weight excluding hydrogens is 1190 g/mol. The highest BCUT2D eigenvalue weighted by atomic mass is 16.7. The lowest BCUT2D eigenvalue weighted by molar-refractivity contribution is 0.0421. The molecule has 0 spiro atoms. The Balaban J connectivity index is 0.545. The van der Waals surface area contributed by atoms with E-state index in [4.69, 9.17) is 47.4 Å². The SMILES string of the molecule is C=C1/C=C\C=C/CC(C)(C)c2c3c(c4ccccc4c21)OC(c1ccc(OC)cc1)(c1ccc(OCCOC(=O)OCCCCCCOC(=O)OCCOc2ccc(C4(c5ccc(OC)cc5)C=Cc5c6c(c7ccccc7c5O4)-c4ccccc4C6(C)C)cc2)cc1)C=C3. The van der Waals surface area contributed by atoms with Crippen molar-refractivity contribution in [2.45, 2.75) is 81.8 Å². The highest BCUT2D eigenvalue weighted by molar-refractivity contribution is 6.09. The van der Waals surface area contributed by atoms with Gasteiger partial charge in [-0.05, 0) is 148 Å². The van der Waals surface area contributed by atoms with Gasteiger partial charge in [0.2, 0.25) is 0 Å². The van der Waals surface area contributed by atoms with Crippen LogP contribution in [0.2, 0.25) is 0 Å². The average molecular weight is 1270 g/mol.